The number of hydrogen-bond donors (Lipinski definition) is 0. The molecule has 0 spiro atoms. The van der Waals surface area contributed by atoms with Crippen LogP contribution in [0.15, 0.2) is 70.7 Å². The van der Waals surface area contributed by atoms with Crippen molar-refractivity contribution in [1.82, 2.24) is 9.55 Å². The van der Waals surface area contributed by atoms with Crippen molar-refractivity contribution in [2.45, 2.75) is 17.7 Å². The summed E-state index contributed by atoms with van der Waals surface area (Å²) < 4.78 is 6.98. The normalized spacial score (nSPS) is 10.6. The van der Waals surface area contributed by atoms with Crippen LogP contribution in [0, 0.1) is 6.92 Å². The fourth-order valence-electron chi connectivity index (χ4n) is 2.40. The van der Waals surface area contributed by atoms with E-state index in [2.05, 4.69) is 4.98 Å². The van der Waals surface area contributed by atoms with Crippen LogP contribution in [0.4, 0.5) is 0 Å². The van der Waals surface area contributed by atoms with Crippen molar-refractivity contribution in [3.05, 3.63) is 82.4 Å². The molecule has 3 aromatic rings. The monoisotopic (exact) mass is 338 g/mol. The fourth-order valence-corrected chi connectivity index (χ4v) is 3.25. The number of methoxy groups -OCH3 is 1. The molecule has 1 heterocycles. The molecule has 0 unspecified atom stereocenters. The van der Waals surface area contributed by atoms with Crippen molar-refractivity contribution >= 4 is 11.8 Å². The van der Waals surface area contributed by atoms with Crippen LogP contribution in [-0.4, -0.2) is 16.7 Å². The van der Waals surface area contributed by atoms with E-state index in [1.54, 1.807) is 24.1 Å². The van der Waals surface area contributed by atoms with Gasteiger partial charge in [-0.05, 0) is 30.2 Å². The lowest BCUT2D eigenvalue weighted by atomic mass is 10.2. The zero-order chi connectivity index (χ0) is 16.9. The van der Waals surface area contributed by atoms with E-state index in [0.717, 1.165) is 16.8 Å². The Kier molecular flexibility index (Phi) is 5.01. The van der Waals surface area contributed by atoms with Crippen molar-refractivity contribution < 1.29 is 4.74 Å². The fraction of sp³-hybridized carbons (Fsp3) is 0.158. The van der Waals surface area contributed by atoms with Crippen LogP contribution in [0.1, 0.15) is 11.1 Å². The Balaban J connectivity index is 1.94. The molecule has 5 heteroatoms. The highest BCUT2D eigenvalue weighted by atomic mass is 32.2. The minimum absolute atomic E-state index is 0.137. The number of hydrogen-bond acceptors (Lipinski definition) is 4. The number of ether oxygens (including phenoxy) is 1. The van der Waals surface area contributed by atoms with Gasteiger partial charge >= 0.3 is 0 Å². The molecule has 0 aliphatic heterocycles. The zero-order valence-electron chi connectivity index (χ0n) is 13.6. The molecule has 3 rings (SSSR count). The molecular weight excluding hydrogens is 320 g/mol. The largest absolute Gasteiger partial charge is 0.495 e. The van der Waals surface area contributed by atoms with Crippen molar-refractivity contribution in [3.63, 3.8) is 0 Å². The lowest BCUT2D eigenvalue weighted by Crippen LogP contribution is -2.21. The molecule has 0 bridgehead atoms. The molecule has 1 aromatic heterocycles. The average molecular weight is 338 g/mol. The molecule has 0 fully saturated rings. The Morgan fingerprint density at radius 3 is 2.71 bits per heavy atom. The Hall–Kier alpha value is -2.53. The second-order valence-electron chi connectivity index (χ2n) is 5.36. The van der Waals surface area contributed by atoms with Crippen LogP contribution in [0.25, 0.3) is 5.69 Å². The first-order chi connectivity index (χ1) is 11.7. The first-order valence-electron chi connectivity index (χ1n) is 7.58. The third-order valence-electron chi connectivity index (χ3n) is 3.62. The SMILES string of the molecule is COc1ccc(C)cc1-n1ccnc(SCc2ccccc2)c1=O. The number of thioether (sulfide) groups is 1. The number of aryl methyl sites for hydroxylation is 1. The number of benzene rings is 2. The standard InChI is InChI=1S/C19H18N2O2S/c1-14-8-9-17(23-2)16(12-14)21-11-10-20-18(19(21)22)24-13-15-6-4-3-5-7-15/h3-12H,13H2,1-2H3. The van der Waals surface area contributed by atoms with Gasteiger partial charge in [-0.15, -0.1) is 0 Å². The lowest BCUT2D eigenvalue weighted by molar-refractivity contribution is 0.412. The van der Waals surface area contributed by atoms with Gasteiger partial charge in [0, 0.05) is 18.1 Å². The van der Waals surface area contributed by atoms with Gasteiger partial charge in [-0.25, -0.2) is 4.98 Å². The molecular formula is C19H18N2O2S. The van der Waals surface area contributed by atoms with E-state index in [9.17, 15) is 4.79 Å². The predicted octanol–water partition coefficient (Wildman–Crippen LogP) is 3.84. The van der Waals surface area contributed by atoms with E-state index in [0.29, 0.717) is 16.5 Å². The molecule has 0 amide bonds. The molecule has 0 aliphatic carbocycles. The number of aromatic nitrogens is 2. The van der Waals surface area contributed by atoms with Gasteiger partial charge in [0.25, 0.3) is 5.56 Å². The summed E-state index contributed by atoms with van der Waals surface area (Å²) in [6.07, 6.45) is 3.32. The average Bonchev–Trinajstić information content (AvgIpc) is 2.62. The molecule has 0 saturated carbocycles. The molecule has 0 atom stereocenters. The van der Waals surface area contributed by atoms with Gasteiger partial charge < -0.3 is 4.74 Å². The summed E-state index contributed by atoms with van der Waals surface area (Å²) in [6.45, 7) is 1.99. The van der Waals surface area contributed by atoms with Crippen LogP contribution < -0.4 is 10.3 Å². The number of rotatable bonds is 5. The van der Waals surface area contributed by atoms with Gasteiger partial charge in [0.2, 0.25) is 0 Å². The molecule has 122 valence electrons. The lowest BCUT2D eigenvalue weighted by Gasteiger charge is -2.12. The summed E-state index contributed by atoms with van der Waals surface area (Å²) >= 11 is 1.44. The Labute approximate surface area is 145 Å². The van der Waals surface area contributed by atoms with E-state index < -0.39 is 0 Å². The van der Waals surface area contributed by atoms with Gasteiger partial charge in [-0.3, -0.25) is 9.36 Å². The maximum Gasteiger partial charge on any atom is 0.287 e. The third-order valence-corrected chi connectivity index (χ3v) is 4.65. The molecule has 0 saturated heterocycles. The quantitative estimate of drug-likeness (QED) is 0.663. The van der Waals surface area contributed by atoms with Gasteiger partial charge in [0.15, 0.2) is 5.03 Å². The van der Waals surface area contributed by atoms with Gasteiger partial charge in [0.05, 0.1) is 12.8 Å². The Morgan fingerprint density at radius 2 is 1.96 bits per heavy atom. The first-order valence-corrected chi connectivity index (χ1v) is 8.57. The Morgan fingerprint density at radius 1 is 1.17 bits per heavy atom. The zero-order valence-corrected chi connectivity index (χ0v) is 14.4. The van der Waals surface area contributed by atoms with Crippen LogP contribution in [0.5, 0.6) is 5.75 Å². The summed E-state index contributed by atoms with van der Waals surface area (Å²) in [5.74, 6) is 1.37. The van der Waals surface area contributed by atoms with E-state index >= 15 is 0 Å². The van der Waals surface area contributed by atoms with Crippen molar-refractivity contribution in [2.24, 2.45) is 0 Å². The second kappa shape index (κ2) is 7.36. The van der Waals surface area contributed by atoms with Crippen LogP contribution in [-0.2, 0) is 5.75 Å². The summed E-state index contributed by atoms with van der Waals surface area (Å²) in [7, 11) is 1.60. The highest BCUT2D eigenvalue weighted by Crippen LogP contribution is 2.24. The summed E-state index contributed by atoms with van der Waals surface area (Å²) in [6, 6.07) is 15.8. The molecule has 24 heavy (non-hydrogen) atoms. The van der Waals surface area contributed by atoms with Crippen molar-refractivity contribution in [1.29, 1.82) is 0 Å². The van der Waals surface area contributed by atoms with Gasteiger partial charge in [-0.1, -0.05) is 48.2 Å². The topological polar surface area (TPSA) is 44.1 Å². The maximum atomic E-state index is 12.8. The van der Waals surface area contributed by atoms with Crippen LogP contribution in [0.3, 0.4) is 0 Å². The third kappa shape index (κ3) is 3.51. The maximum absolute atomic E-state index is 12.8. The summed E-state index contributed by atoms with van der Waals surface area (Å²) in [4.78, 5) is 17.0. The van der Waals surface area contributed by atoms with Crippen LogP contribution >= 0.6 is 11.8 Å². The van der Waals surface area contributed by atoms with Gasteiger partial charge in [-0.2, -0.15) is 0 Å². The minimum Gasteiger partial charge on any atom is -0.495 e. The van der Waals surface area contributed by atoms with E-state index in [-0.39, 0.29) is 5.56 Å². The van der Waals surface area contributed by atoms with Crippen LogP contribution in [0.2, 0.25) is 0 Å². The first kappa shape index (κ1) is 16.3. The van der Waals surface area contributed by atoms with Gasteiger partial charge in [0.1, 0.15) is 5.75 Å². The summed E-state index contributed by atoms with van der Waals surface area (Å²) in [5, 5.41) is 0.477. The molecule has 4 nitrogen and oxygen atoms in total. The predicted molar refractivity (Wildman–Crippen MR) is 97.1 cm³/mol. The molecule has 0 N–H and O–H groups in total. The van der Waals surface area contributed by atoms with E-state index in [4.69, 9.17) is 4.74 Å². The van der Waals surface area contributed by atoms with Crippen molar-refractivity contribution in [3.8, 4) is 11.4 Å². The van der Waals surface area contributed by atoms with E-state index in [1.807, 2.05) is 55.5 Å². The smallest absolute Gasteiger partial charge is 0.287 e. The van der Waals surface area contributed by atoms with Crippen molar-refractivity contribution in [2.75, 3.05) is 7.11 Å². The summed E-state index contributed by atoms with van der Waals surface area (Å²) in [5.41, 5.74) is 2.81. The highest BCUT2D eigenvalue weighted by molar-refractivity contribution is 7.98. The minimum atomic E-state index is -0.137. The Bertz CT molecular complexity index is 891. The van der Waals surface area contributed by atoms with E-state index in [1.165, 1.54) is 11.8 Å². The molecule has 0 aliphatic rings. The molecule has 2 aromatic carbocycles. The second-order valence-corrected chi connectivity index (χ2v) is 6.32. The highest BCUT2D eigenvalue weighted by Gasteiger charge is 2.11. The molecule has 0 radical (unpaired) electrons. The number of nitrogens with zero attached hydrogens (tertiary/aromatic N) is 2.